The molecule has 2 heteroatoms. The summed E-state index contributed by atoms with van der Waals surface area (Å²) >= 11 is 0. The standard InChI is InChI=1S/C16H33NO/c1-5-7-13(3)12-18-16-11-14(8-6-2)9-10-15(16)17-4/h13-17H,5-12H2,1-4H3. The Kier molecular flexibility index (Phi) is 7.92. The van der Waals surface area contributed by atoms with Gasteiger partial charge in [-0.05, 0) is 44.6 Å². The lowest BCUT2D eigenvalue weighted by Crippen LogP contribution is -2.44. The van der Waals surface area contributed by atoms with E-state index < -0.39 is 0 Å². The Morgan fingerprint density at radius 2 is 2.00 bits per heavy atom. The van der Waals surface area contributed by atoms with E-state index in [9.17, 15) is 0 Å². The summed E-state index contributed by atoms with van der Waals surface area (Å²) in [6.45, 7) is 7.80. The topological polar surface area (TPSA) is 21.3 Å². The predicted molar refractivity (Wildman–Crippen MR) is 78.9 cm³/mol. The highest BCUT2D eigenvalue weighted by Gasteiger charge is 2.29. The van der Waals surface area contributed by atoms with Gasteiger partial charge in [0.05, 0.1) is 6.10 Å². The number of nitrogens with one attached hydrogen (secondary N) is 1. The Balaban J connectivity index is 2.37. The Hall–Kier alpha value is -0.0800. The van der Waals surface area contributed by atoms with Gasteiger partial charge in [-0.1, -0.05) is 40.0 Å². The third-order valence-electron chi connectivity index (χ3n) is 4.34. The molecule has 0 radical (unpaired) electrons. The van der Waals surface area contributed by atoms with Crippen LogP contribution < -0.4 is 5.32 Å². The molecule has 108 valence electrons. The molecule has 1 aliphatic carbocycles. The Bertz CT molecular complexity index is 207. The molecule has 1 fully saturated rings. The second-order valence-corrected chi connectivity index (χ2v) is 6.13. The molecule has 1 N–H and O–H groups in total. The molecular weight excluding hydrogens is 222 g/mol. The lowest BCUT2D eigenvalue weighted by atomic mass is 9.81. The molecule has 0 amide bonds. The Morgan fingerprint density at radius 1 is 1.22 bits per heavy atom. The highest BCUT2D eigenvalue weighted by Crippen LogP contribution is 2.30. The first-order chi connectivity index (χ1) is 8.71. The fourth-order valence-electron chi connectivity index (χ4n) is 3.26. The second-order valence-electron chi connectivity index (χ2n) is 6.13. The normalized spacial score (nSPS) is 30.3. The molecule has 0 aromatic carbocycles. The SMILES string of the molecule is CCCC(C)COC1CC(CCC)CCC1NC. The van der Waals surface area contributed by atoms with E-state index in [1.165, 1.54) is 44.9 Å². The molecule has 0 aliphatic heterocycles. The summed E-state index contributed by atoms with van der Waals surface area (Å²) in [6.07, 6.45) is 9.61. The summed E-state index contributed by atoms with van der Waals surface area (Å²) in [4.78, 5) is 0. The number of hydrogen-bond acceptors (Lipinski definition) is 2. The summed E-state index contributed by atoms with van der Waals surface area (Å²) in [6, 6.07) is 0.576. The van der Waals surface area contributed by atoms with Crippen molar-refractivity contribution in [1.29, 1.82) is 0 Å². The van der Waals surface area contributed by atoms with E-state index in [-0.39, 0.29) is 0 Å². The molecule has 0 aromatic rings. The lowest BCUT2D eigenvalue weighted by Gasteiger charge is -2.36. The van der Waals surface area contributed by atoms with Gasteiger partial charge in [0.25, 0.3) is 0 Å². The molecule has 0 spiro atoms. The van der Waals surface area contributed by atoms with Crippen molar-refractivity contribution in [3.05, 3.63) is 0 Å². The smallest absolute Gasteiger partial charge is 0.0730 e. The molecular formula is C16H33NO. The minimum Gasteiger partial charge on any atom is -0.376 e. The van der Waals surface area contributed by atoms with Gasteiger partial charge < -0.3 is 10.1 Å². The third kappa shape index (κ3) is 5.27. The summed E-state index contributed by atoms with van der Waals surface area (Å²) in [5.41, 5.74) is 0. The van der Waals surface area contributed by atoms with Gasteiger partial charge in [0.2, 0.25) is 0 Å². The van der Waals surface area contributed by atoms with E-state index in [4.69, 9.17) is 4.74 Å². The van der Waals surface area contributed by atoms with Crippen molar-refractivity contribution in [2.45, 2.75) is 77.9 Å². The van der Waals surface area contributed by atoms with Crippen molar-refractivity contribution in [2.75, 3.05) is 13.7 Å². The van der Waals surface area contributed by atoms with Crippen LogP contribution in [-0.2, 0) is 4.74 Å². The molecule has 0 bridgehead atoms. The fraction of sp³-hybridized carbons (Fsp3) is 1.00. The van der Waals surface area contributed by atoms with E-state index in [1.807, 2.05) is 0 Å². The number of hydrogen-bond donors (Lipinski definition) is 1. The molecule has 18 heavy (non-hydrogen) atoms. The van der Waals surface area contributed by atoms with Gasteiger partial charge >= 0.3 is 0 Å². The van der Waals surface area contributed by atoms with Crippen molar-refractivity contribution in [2.24, 2.45) is 11.8 Å². The summed E-state index contributed by atoms with van der Waals surface area (Å²) in [7, 11) is 2.08. The summed E-state index contributed by atoms with van der Waals surface area (Å²) < 4.78 is 6.21. The van der Waals surface area contributed by atoms with Crippen LogP contribution in [0.2, 0.25) is 0 Å². The van der Waals surface area contributed by atoms with E-state index in [0.29, 0.717) is 18.1 Å². The maximum absolute atomic E-state index is 6.21. The van der Waals surface area contributed by atoms with Crippen molar-refractivity contribution in [3.8, 4) is 0 Å². The maximum Gasteiger partial charge on any atom is 0.0730 e. The molecule has 4 atom stereocenters. The largest absolute Gasteiger partial charge is 0.376 e. The minimum atomic E-state index is 0.444. The molecule has 1 rings (SSSR count). The average molecular weight is 255 g/mol. The van der Waals surface area contributed by atoms with Gasteiger partial charge in [-0.25, -0.2) is 0 Å². The van der Waals surface area contributed by atoms with Gasteiger partial charge in [0.15, 0.2) is 0 Å². The quantitative estimate of drug-likeness (QED) is 0.708. The van der Waals surface area contributed by atoms with Crippen LogP contribution in [0.1, 0.15) is 65.7 Å². The molecule has 1 aliphatic rings. The van der Waals surface area contributed by atoms with Crippen LogP contribution in [0.4, 0.5) is 0 Å². The van der Waals surface area contributed by atoms with Crippen LogP contribution in [-0.4, -0.2) is 25.8 Å². The van der Waals surface area contributed by atoms with Gasteiger partial charge in [-0.3, -0.25) is 0 Å². The van der Waals surface area contributed by atoms with Gasteiger partial charge in [0, 0.05) is 12.6 Å². The summed E-state index contributed by atoms with van der Waals surface area (Å²) in [5.74, 6) is 1.60. The average Bonchev–Trinajstić information content (AvgIpc) is 2.37. The highest BCUT2D eigenvalue weighted by molar-refractivity contribution is 4.85. The molecule has 0 heterocycles. The van der Waals surface area contributed by atoms with Crippen molar-refractivity contribution in [3.63, 3.8) is 0 Å². The first-order valence-electron chi connectivity index (χ1n) is 8.00. The van der Waals surface area contributed by atoms with Crippen LogP contribution in [0.3, 0.4) is 0 Å². The molecule has 1 saturated carbocycles. The van der Waals surface area contributed by atoms with Crippen molar-refractivity contribution >= 4 is 0 Å². The molecule has 0 aromatic heterocycles. The zero-order chi connectivity index (χ0) is 13.4. The van der Waals surface area contributed by atoms with E-state index in [1.54, 1.807) is 0 Å². The van der Waals surface area contributed by atoms with Crippen LogP contribution >= 0.6 is 0 Å². The molecule has 2 nitrogen and oxygen atoms in total. The minimum absolute atomic E-state index is 0.444. The van der Waals surface area contributed by atoms with Crippen molar-refractivity contribution in [1.82, 2.24) is 5.32 Å². The van der Waals surface area contributed by atoms with Gasteiger partial charge in [0.1, 0.15) is 0 Å². The van der Waals surface area contributed by atoms with Crippen molar-refractivity contribution < 1.29 is 4.74 Å². The Morgan fingerprint density at radius 3 is 2.61 bits per heavy atom. The second kappa shape index (κ2) is 8.92. The first-order valence-corrected chi connectivity index (χ1v) is 8.00. The van der Waals surface area contributed by atoms with Crippen LogP contribution in [0.25, 0.3) is 0 Å². The summed E-state index contributed by atoms with van der Waals surface area (Å²) in [5, 5.41) is 3.45. The van der Waals surface area contributed by atoms with Gasteiger partial charge in [-0.15, -0.1) is 0 Å². The Labute approximate surface area is 114 Å². The highest BCUT2D eigenvalue weighted by atomic mass is 16.5. The zero-order valence-corrected chi connectivity index (χ0v) is 12.9. The van der Waals surface area contributed by atoms with Gasteiger partial charge in [-0.2, -0.15) is 0 Å². The third-order valence-corrected chi connectivity index (χ3v) is 4.34. The number of likely N-dealkylation sites (N-methyl/N-ethyl adjacent to an activating group) is 1. The van der Waals surface area contributed by atoms with E-state index in [0.717, 1.165) is 12.5 Å². The maximum atomic E-state index is 6.21. The fourth-order valence-corrected chi connectivity index (χ4v) is 3.26. The number of ether oxygens (including phenoxy) is 1. The van der Waals surface area contributed by atoms with Crippen LogP contribution in [0, 0.1) is 11.8 Å². The zero-order valence-electron chi connectivity index (χ0n) is 12.9. The van der Waals surface area contributed by atoms with Crippen LogP contribution in [0.5, 0.6) is 0 Å². The van der Waals surface area contributed by atoms with Crippen LogP contribution in [0.15, 0.2) is 0 Å². The van der Waals surface area contributed by atoms with E-state index in [2.05, 4.69) is 33.1 Å². The predicted octanol–water partition coefficient (Wildman–Crippen LogP) is 4.00. The van der Waals surface area contributed by atoms with E-state index >= 15 is 0 Å². The lowest BCUT2D eigenvalue weighted by molar-refractivity contribution is -0.0237. The molecule has 4 unspecified atom stereocenters. The number of rotatable bonds is 8. The monoisotopic (exact) mass is 255 g/mol. The molecule has 0 saturated heterocycles. The first kappa shape index (κ1) is 16.0.